The van der Waals surface area contributed by atoms with Crippen LogP contribution in [0.3, 0.4) is 0 Å². The van der Waals surface area contributed by atoms with E-state index in [1.54, 1.807) is 30.2 Å². The minimum absolute atomic E-state index is 0.345. The van der Waals surface area contributed by atoms with Crippen molar-refractivity contribution in [2.24, 2.45) is 28.2 Å². The second-order valence-electron chi connectivity index (χ2n) is 8.58. The largest absolute Gasteiger partial charge is 0.380 e. The minimum atomic E-state index is -0.418. The predicted molar refractivity (Wildman–Crippen MR) is 131 cm³/mol. The molecule has 0 saturated heterocycles. The Hall–Kier alpha value is -3.78. The van der Waals surface area contributed by atoms with Crippen molar-refractivity contribution < 1.29 is 9.47 Å². The number of aromatic nitrogens is 8. The van der Waals surface area contributed by atoms with E-state index < -0.39 is 11.4 Å². The highest BCUT2D eigenvalue weighted by molar-refractivity contribution is 5.71. The fourth-order valence-electron chi connectivity index (χ4n) is 4.18. The van der Waals surface area contributed by atoms with Crippen LogP contribution in [0.5, 0.6) is 0 Å². The van der Waals surface area contributed by atoms with Crippen molar-refractivity contribution in [3.8, 4) is 0 Å². The molecular formula is C22H30N8O6. The van der Waals surface area contributed by atoms with E-state index in [1.165, 1.54) is 29.6 Å². The molecule has 0 aliphatic heterocycles. The van der Waals surface area contributed by atoms with Gasteiger partial charge < -0.3 is 18.6 Å². The van der Waals surface area contributed by atoms with Gasteiger partial charge in [-0.2, -0.15) is 0 Å². The molecule has 0 bridgehead atoms. The fourth-order valence-corrected chi connectivity index (χ4v) is 4.18. The zero-order valence-electron chi connectivity index (χ0n) is 21.1. The average molecular weight is 503 g/mol. The van der Waals surface area contributed by atoms with Crippen molar-refractivity contribution in [1.29, 1.82) is 0 Å². The van der Waals surface area contributed by atoms with E-state index >= 15 is 0 Å². The molecule has 36 heavy (non-hydrogen) atoms. The summed E-state index contributed by atoms with van der Waals surface area (Å²) in [4.78, 5) is 57.8. The molecule has 0 aliphatic carbocycles. The van der Waals surface area contributed by atoms with Crippen LogP contribution in [0.15, 0.2) is 25.5 Å². The van der Waals surface area contributed by atoms with E-state index in [2.05, 4.69) is 9.97 Å². The number of rotatable bonds is 10. The third-order valence-corrected chi connectivity index (χ3v) is 6.27. The third kappa shape index (κ3) is 4.33. The second kappa shape index (κ2) is 10.1. The Morgan fingerprint density at radius 3 is 1.92 bits per heavy atom. The highest BCUT2D eigenvalue weighted by atomic mass is 16.5. The highest BCUT2D eigenvalue weighted by Gasteiger charge is 2.17. The van der Waals surface area contributed by atoms with Gasteiger partial charge in [0.2, 0.25) is 0 Å². The van der Waals surface area contributed by atoms with Gasteiger partial charge in [0.25, 0.3) is 11.1 Å². The minimum Gasteiger partial charge on any atom is -0.380 e. The van der Waals surface area contributed by atoms with Crippen molar-refractivity contribution in [2.75, 3.05) is 26.4 Å². The van der Waals surface area contributed by atoms with Crippen LogP contribution in [0, 0.1) is 6.92 Å². The second-order valence-corrected chi connectivity index (χ2v) is 8.58. The van der Waals surface area contributed by atoms with Crippen LogP contribution >= 0.6 is 0 Å². The Bertz CT molecular complexity index is 1660. The Kier molecular flexibility index (Phi) is 7.08. The average Bonchev–Trinajstić information content (AvgIpc) is 3.43. The number of hydrogen-bond acceptors (Lipinski definition) is 8. The van der Waals surface area contributed by atoms with Crippen molar-refractivity contribution >= 4 is 22.3 Å². The smallest absolute Gasteiger partial charge is 0.332 e. The van der Waals surface area contributed by atoms with Gasteiger partial charge in [0.05, 0.1) is 19.5 Å². The van der Waals surface area contributed by atoms with E-state index in [-0.39, 0.29) is 11.1 Å². The summed E-state index contributed by atoms with van der Waals surface area (Å²) in [6.07, 6.45) is 2.20. The summed E-state index contributed by atoms with van der Waals surface area (Å²) >= 11 is 0. The molecule has 4 heterocycles. The number of aryl methyl sites for hydroxylation is 3. The van der Waals surface area contributed by atoms with E-state index in [0.717, 1.165) is 9.13 Å². The van der Waals surface area contributed by atoms with Gasteiger partial charge in [-0.15, -0.1) is 0 Å². The van der Waals surface area contributed by atoms with Gasteiger partial charge in [-0.25, -0.2) is 19.6 Å². The highest BCUT2D eigenvalue weighted by Crippen LogP contribution is 2.10. The summed E-state index contributed by atoms with van der Waals surface area (Å²) in [5, 5.41) is 0. The lowest BCUT2D eigenvalue weighted by atomic mass is 10.4. The number of ether oxygens (including phenoxy) is 2. The molecular weight excluding hydrogens is 472 g/mol. The Balaban J connectivity index is 1.24. The first kappa shape index (κ1) is 25.3. The van der Waals surface area contributed by atoms with Gasteiger partial charge >= 0.3 is 11.4 Å². The summed E-state index contributed by atoms with van der Waals surface area (Å²) in [6.45, 7) is 4.34. The zero-order chi connectivity index (χ0) is 26.1. The standard InChI is InChI=1S/C22H30N8O6/c1-14-24-18-16(20(32)28(5)22(34)26(18)3)30(14)8-12-36-10-6-9-35-11-7-29-13-23-17-15(29)19(31)27(4)21(33)25(17)2/h13H,6-12H2,1-5H3. The molecule has 0 radical (unpaired) electrons. The Labute approximate surface area is 204 Å². The maximum Gasteiger partial charge on any atom is 0.332 e. The van der Waals surface area contributed by atoms with Gasteiger partial charge in [-0.05, 0) is 13.3 Å². The first-order valence-corrected chi connectivity index (χ1v) is 11.5. The van der Waals surface area contributed by atoms with Gasteiger partial charge in [0, 0.05) is 54.5 Å². The SMILES string of the molecule is Cc1nc2c(c(=O)n(C)c(=O)n2C)n1CCOCCCOCCn1cnc2c1c(=O)n(C)c(=O)n2C. The first-order chi connectivity index (χ1) is 17.1. The molecule has 4 rings (SSSR count). The van der Waals surface area contributed by atoms with Crippen LogP contribution in [0.4, 0.5) is 0 Å². The Morgan fingerprint density at radius 1 is 0.722 bits per heavy atom. The van der Waals surface area contributed by atoms with Crippen LogP contribution in [-0.4, -0.2) is 63.8 Å². The van der Waals surface area contributed by atoms with E-state index in [9.17, 15) is 19.2 Å². The topological polar surface area (TPSA) is 142 Å². The van der Waals surface area contributed by atoms with E-state index in [0.29, 0.717) is 74.1 Å². The van der Waals surface area contributed by atoms with Crippen molar-refractivity contribution in [2.45, 2.75) is 26.4 Å². The lowest BCUT2D eigenvalue weighted by Gasteiger charge is -2.09. The van der Waals surface area contributed by atoms with Gasteiger partial charge in [-0.3, -0.25) is 27.9 Å². The van der Waals surface area contributed by atoms with Crippen LogP contribution in [0.2, 0.25) is 0 Å². The van der Waals surface area contributed by atoms with Crippen molar-refractivity contribution in [1.82, 2.24) is 37.4 Å². The molecule has 0 saturated carbocycles. The summed E-state index contributed by atoms with van der Waals surface area (Å²) in [5.74, 6) is 0.636. The first-order valence-electron chi connectivity index (χ1n) is 11.5. The van der Waals surface area contributed by atoms with Crippen LogP contribution in [-0.2, 0) is 50.8 Å². The van der Waals surface area contributed by atoms with Crippen LogP contribution < -0.4 is 22.5 Å². The lowest BCUT2D eigenvalue weighted by molar-refractivity contribution is 0.0768. The molecule has 14 nitrogen and oxygen atoms in total. The summed E-state index contributed by atoms with van der Waals surface area (Å²) < 4.78 is 19.7. The Morgan fingerprint density at radius 2 is 1.28 bits per heavy atom. The molecule has 4 aromatic heterocycles. The number of hydrogen-bond donors (Lipinski definition) is 0. The maximum atomic E-state index is 12.6. The van der Waals surface area contributed by atoms with E-state index in [4.69, 9.17) is 9.47 Å². The maximum absolute atomic E-state index is 12.6. The summed E-state index contributed by atoms with van der Waals surface area (Å²) in [7, 11) is 6.06. The lowest BCUT2D eigenvalue weighted by Crippen LogP contribution is -2.37. The van der Waals surface area contributed by atoms with Gasteiger partial charge in [0.15, 0.2) is 22.3 Å². The molecule has 4 aromatic rings. The summed E-state index contributed by atoms with van der Waals surface area (Å²) in [6, 6.07) is 0. The molecule has 0 spiro atoms. The monoisotopic (exact) mass is 502 g/mol. The van der Waals surface area contributed by atoms with Crippen molar-refractivity contribution in [3.63, 3.8) is 0 Å². The quantitative estimate of drug-likeness (QED) is 0.241. The zero-order valence-corrected chi connectivity index (χ0v) is 21.1. The fraction of sp³-hybridized carbons (Fsp3) is 0.545. The molecule has 0 unspecified atom stereocenters. The molecule has 14 heteroatoms. The van der Waals surface area contributed by atoms with Crippen molar-refractivity contribution in [3.05, 3.63) is 53.8 Å². The van der Waals surface area contributed by atoms with Crippen LogP contribution in [0.1, 0.15) is 12.2 Å². The predicted octanol–water partition coefficient (Wildman–Crippen LogP) is -1.39. The molecule has 0 aliphatic rings. The number of fused-ring (bicyclic) bond motifs is 2. The molecule has 194 valence electrons. The molecule has 0 atom stereocenters. The van der Waals surface area contributed by atoms with Gasteiger partial charge in [0.1, 0.15) is 5.82 Å². The third-order valence-electron chi connectivity index (χ3n) is 6.27. The molecule has 0 N–H and O–H groups in total. The molecule has 0 aromatic carbocycles. The number of imidazole rings is 2. The molecule has 0 amide bonds. The van der Waals surface area contributed by atoms with E-state index in [1.807, 2.05) is 0 Å². The normalized spacial score (nSPS) is 11.8. The molecule has 0 fully saturated rings. The van der Waals surface area contributed by atoms with Gasteiger partial charge in [-0.1, -0.05) is 0 Å². The number of nitrogens with zero attached hydrogens (tertiary/aromatic N) is 8. The van der Waals surface area contributed by atoms with Crippen LogP contribution in [0.25, 0.3) is 22.3 Å². The summed E-state index contributed by atoms with van der Waals surface area (Å²) in [5.41, 5.74) is -0.152.